The minimum atomic E-state index is -1.54. The molecule has 0 aromatic heterocycles. The van der Waals surface area contributed by atoms with Gasteiger partial charge in [-0.1, -0.05) is 0 Å². The molecule has 0 radical (unpaired) electrons. The Labute approximate surface area is 85.9 Å². The topological polar surface area (TPSA) is 116 Å². The van der Waals surface area contributed by atoms with E-state index in [0.717, 1.165) is 6.92 Å². The lowest BCUT2D eigenvalue weighted by atomic mass is 9.99. The molecule has 3 unspecified atom stereocenters. The number of hydrogen-bond acceptors (Lipinski definition) is 7. The van der Waals surface area contributed by atoms with E-state index in [1.165, 1.54) is 0 Å². The lowest BCUT2D eigenvalue weighted by molar-refractivity contribution is -0.292. The summed E-state index contributed by atoms with van der Waals surface area (Å²) in [7, 11) is 0. The number of carbonyl (C=O) groups is 1. The SMILES string of the molecule is CC(=O)O[C@@H]1OC(CO)[C@@H](O)C(O)C1O. The van der Waals surface area contributed by atoms with E-state index in [1.807, 2.05) is 0 Å². The summed E-state index contributed by atoms with van der Waals surface area (Å²) >= 11 is 0. The van der Waals surface area contributed by atoms with E-state index in [2.05, 4.69) is 4.74 Å². The van der Waals surface area contributed by atoms with Gasteiger partial charge in [-0.05, 0) is 0 Å². The number of aliphatic hydroxyl groups excluding tert-OH is 4. The van der Waals surface area contributed by atoms with Crippen molar-refractivity contribution >= 4 is 5.97 Å². The van der Waals surface area contributed by atoms with Crippen LogP contribution in [0.5, 0.6) is 0 Å². The molecule has 0 aliphatic carbocycles. The van der Waals surface area contributed by atoms with Crippen LogP contribution in [-0.2, 0) is 14.3 Å². The molecule has 0 bridgehead atoms. The van der Waals surface area contributed by atoms with Crippen molar-refractivity contribution in [2.75, 3.05) is 6.61 Å². The third-order valence-corrected chi connectivity index (χ3v) is 2.13. The van der Waals surface area contributed by atoms with Gasteiger partial charge in [0.25, 0.3) is 0 Å². The monoisotopic (exact) mass is 222 g/mol. The normalized spacial score (nSPS) is 41.3. The molecule has 1 heterocycles. The van der Waals surface area contributed by atoms with Crippen LogP contribution >= 0.6 is 0 Å². The van der Waals surface area contributed by atoms with Crippen molar-refractivity contribution in [1.29, 1.82) is 0 Å². The summed E-state index contributed by atoms with van der Waals surface area (Å²) in [6.45, 7) is 0.560. The maximum absolute atomic E-state index is 10.6. The van der Waals surface area contributed by atoms with Crippen LogP contribution in [-0.4, -0.2) is 63.7 Å². The van der Waals surface area contributed by atoms with Gasteiger partial charge in [0.15, 0.2) is 0 Å². The minimum absolute atomic E-state index is 0.553. The molecule has 7 heteroatoms. The van der Waals surface area contributed by atoms with Gasteiger partial charge in [-0.2, -0.15) is 0 Å². The second-order valence-electron chi connectivity index (χ2n) is 3.31. The van der Waals surface area contributed by atoms with Crippen molar-refractivity contribution in [3.8, 4) is 0 Å². The van der Waals surface area contributed by atoms with Gasteiger partial charge >= 0.3 is 5.97 Å². The van der Waals surface area contributed by atoms with Crippen molar-refractivity contribution in [2.45, 2.75) is 37.6 Å². The summed E-state index contributed by atoms with van der Waals surface area (Å²) in [6.07, 6.45) is -6.95. The van der Waals surface area contributed by atoms with Crippen LogP contribution in [0.4, 0.5) is 0 Å². The molecule has 5 atom stereocenters. The van der Waals surface area contributed by atoms with Gasteiger partial charge in [-0.3, -0.25) is 4.79 Å². The summed E-state index contributed by atoms with van der Waals surface area (Å²) < 4.78 is 9.45. The van der Waals surface area contributed by atoms with Crippen LogP contribution in [0.2, 0.25) is 0 Å². The van der Waals surface area contributed by atoms with E-state index >= 15 is 0 Å². The molecule has 0 aromatic carbocycles. The molecule has 15 heavy (non-hydrogen) atoms. The highest BCUT2D eigenvalue weighted by Gasteiger charge is 2.44. The molecule has 0 aromatic rings. The fourth-order valence-electron chi connectivity index (χ4n) is 1.33. The molecule has 0 spiro atoms. The fraction of sp³-hybridized carbons (Fsp3) is 0.875. The Morgan fingerprint density at radius 1 is 1.27 bits per heavy atom. The van der Waals surface area contributed by atoms with E-state index in [4.69, 9.17) is 9.84 Å². The fourth-order valence-corrected chi connectivity index (χ4v) is 1.33. The summed E-state index contributed by atoms with van der Waals surface area (Å²) in [5.74, 6) is -0.695. The molecule has 1 rings (SSSR count). The molecule has 1 aliphatic rings. The van der Waals surface area contributed by atoms with Gasteiger partial charge in [0.2, 0.25) is 6.29 Å². The van der Waals surface area contributed by atoms with E-state index in [9.17, 15) is 20.1 Å². The highest BCUT2D eigenvalue weighted by atomic mass is 16.7. The molecule has 0 amide bonds. The van der Waals surface area contributed by atoms with Crippen LogP contribution in [0.1, 0.15) is 6.92 Å². The first-order valence-corrected chi connectivity index (χ1v) is 4.45. The molecule has 1 fully saturated rings. The summed E-state index contributed by atoms with van der Waals surface area (Å²) in [4.78, 5) is 10.6. The molecular formula is C8H14O7. The number of ether oxygens (including phenoxy) is 2. The Hall–Kier alpha value is -0.730. The zero-order chi connectivity index (χ0) is 11.6. The van der Waals surface area contributed by atoms with Gasteiger partial charge in [-0.25, -0.2) is 0 Å². The van der Waals surface area contributed by atoms with Gasteiger partial charge in [0.05, 0.1) is 6.61 Å². The predicted molar refractivity (Wildman–Crippen MR) is 45.5 cm³/mol. The molecular weight excluding hydrogens is 208 g/mol. The van der Waals surface area contributed by atoms with Gasteiger partial charge in [0.1, 0.15) is 24.4 Å². The van der Waals surface area contributed by atoms with Gasteiger partial charge < -0.3 is 29.9 Å². The Morgan fingerprint density at radius 3 is 2.33 bits per heavy atom. The first-order valence-electron chi connectivity index (χ1n) is 4.45. The molecule has 4 N–H and O–H groups in total. The van der Waals surface area contributed by atoms with Crippen LogP contribution < -0.4 is 0 Å². The number of rotatable bonds is 2. The predicted octanol–water partition coefficient (Wildman–Crippen LogP) is -2.65. The second-order valence-corrected chi connectivity index (χ2v) is 3.31. The van der Waals surface area contributed by atoms with E-state index in [0.29, 0.717) is 0 Å². The third kappa shape index (κ3) is 2.64. The third-order valence-electron chi connectivity index (χ3n) is 2.13. The largest absolute Gasteiger partial charge is 0.433 e. The zero-order valence-electron chi connectivity index (χ0n) is 8.11. The number of carbonyl (C=O) groups excluding carboxylic acids is 1. The van der Waals surface area contributed by atoms with Crippen molar-refractivity contribution in [3.05, 3.63) is 0 Å². The molecule has 88 valence electrons. The Kier molecular flexibility index (Phi) is 4.00. The first kappa shape index (κ1) is 12.3. The summed E-state index contributed by atoms with van der Waals surface area (Å²) in [6, 6.07) is 0. The highest BCUT2D eigenvalue weighted by Crippen LogP contribution is 2.21. The molecule has 1 aliphatic heterocycles. The van der Waals surface area contributed by atoms with E-state index in [1.54, 1.807) is 0 Å². The maximum Gasteiger partial charge on any atom is 0.305 e. The second kappa shape index (κ2) is 4.86. The van der Waals surface area contributed by atoms with Crippen LogP contribution in [0, 0.1) is 0 Å². The Bertz CT molecular complexity index is 229. The number of aliphatic hydroxyl groups is 4. The lowest BCUT2D eigenvalue weighted by Gasteiger charge is -2.38. The number of esters is 1. The van der Waals surface area contributed by atoms with Crippen LogP contribution in [0.15, 0.2) is 0 Å². The standard InChI is InChI=1S/C8H14O7/c1-3(10)14-8-7(13)6(12)5(11)4(2-9)15-8/h4-9,11-13H,2H2,1H3/t4?,5-,6?,7?,8-/m1/s1. The smallest absolute Gasteiger partial charge is 0.305 e. The molecule has 1 saturated heterocycles. The summed E-state index contributed by atoms with van der Waals surface area (Å²) in [5, 5.41) is 36.8. The van der Waals surface area contributed by atoms with Gasteiger partial charge in [0, 0.05) is 6.92 Å². The Balaban J connectivity index is 2.69. The van der Waals surface area contributed by atoms with Crippen molar-refractivity contribution in [1.82, 2.24) is 0 Å². The first-order chi connectivity index (χ1) is 6.97. The number of hydrogen-bond donors (Lipinski definition) is 4. The average molecular weight is 222 g/mol. The molecule has 0 saturated carbocycles. The van der Waals surface area contributed by atoms with Crippen LogP contribution in [0.25, 0.3) is 0 Å². The van der Waals surface area contributed by atoms with Crippen molar-refractivity contribution in [3.63, 3.8) is 0 Å². The quantitative estimate of drug-likeness (QED) is 0.377. The van der Waals surface area contributed by atoms with Gasteiger partial charge in [-0.15, -0.1) is 0 Å². The van der Waals surface area contributed by atoms with E-state index < -0.39 is 43.3 Å². The van der Waals surface area contributed by atoms with E-state index in [-0.39, 0.29) is 0 Å². The van der Waals surface area contributed by atoms with Crippen LogP contribution in [0.3, 0.4) is 0 Å². The van der Waals surface area contributed by atoms with Crippen molar-refractivity contribution in [2.24, 2.45) is 0 Å². The lowest BCUT2D eigenvalue weighted by Crippen LogP contribution is -2.59. The summed E-state index contributed by atoms with van der Waals surface area (Å²) in [5.41, 5.74) is 0. The van der Waals surface area contributed by atoms with Crippen molar-refractivity contribution < 1.29 is 34.7 Å². The minimum Gasteiger partial charge on any atom is -0.433 e. The zero-order valence-corrected chi connectivity index (χ0v) is 8.11. The maximum atomic E-state index is 10.6. The Morgan fingerprint density at radius 2 is 1.87 bits per heavy atom. The molecule has 7 nitrogen and oxygen atoms in total. The average Bonchev–Trinajstić information content (AvgIpc) is 2.18. The highest BCUT2D eigenvalue weighted by molar-refractivity contribution is 5.66.